The number of rotatable bonds is 4. The van der Waals surface area contributed by atoms with Crippen molar-refractivity contribution in [3.05, 3.63) is 42.7 Å². The molecule has 0 fully saturated rings. The molecule has 7 nitrogen and oxygen atoms in total. The minimum absolute atomic E-state index is 0.421. The zero-order valence-electron chi connectivity index (χ0n) is 10.9. The molecule has 0 bridgehead atoms. The van der Waals surface area contributed by atoms with Gasteiger partial charge >= 0.3 is 12.0 Å². The minimum atomic E-state index is -1.09. The van der Waals surface area contributed by atoms with Crippen molar-refractivity contribution in [3.8, 4) is 0 Å². The highest BCUT2D eigenvalue weighted by atomic mass is 16.4. The van der Waals surface area contributed by atoms with Crippen molar-refractivity contribution in [2.75, 3.05) is 16.8 Å². The van der Waals surface area contributed by atoms with E-state index < -0.39 is 18.5 Å². The number of hydrogen-bond donors (Lipinski definition) is 2. The van der Waals surface area contributed by atoms with Gasteiger partial charge in [0.2, 0.25) is 0 Å². The zero-order chi connectivity index (χ0) is 14.5. The molecule has 2 amide bonds. The number of carbonyl (C=O) groups is 2. The van der Waals surface area contributed by atoms with Crippen LogP contribution in [0.3, 0.4) is 0 Å². The Morgan fingerprint density at radius 2 is 2.05 bits per heavy atom. The Bertz CT molecular complexity index is 609. The highest BCUT2D eigenvalue weighted by Gasteiger charge is 2.19. The van der Waals surface area contributed by atoms with Gasteiger partial charge in [-0.1, -0.05) is 18.2 Å². The van der Waals surface area contributed by atoms with Gasteiger partial charge < -0.3 is 10.4 Å². The first kappa shape index (κ1) is 13.6. The number of aryl methyl sites for hydroxylation is 1. The smallest absolute Gasteiger partial charge is 0.326 e. The van der Waals surface area contributed by atoms with E-state index in [0.717, 1.165) is 4.90 Å². The van der Waals surface area contributed by atoms with Crippen molar-refractivity contribution >= 4 is 23.4 Å². The van der Waals surface area contributed by atoms with Crippen LogP contribution in [0.1, 0.15) is 0 Å². The van der Waals surface area contributed by atoms with Gasteiger partial charge in [-0.25, -0.2) is 4.79 Å². The van der Waals surface area contributed by atoms with E-state index in [9.17, 15) is 9.59 Å². The van der Waals surface area contributed by atoms with E-state index in [1.54, 1.807) is 48.3 Å². The Kier molecular flexibility index (Phi) is 3.99. The number of para-hydroxylation sites is 1. The molecule has 7 heteroatoms. The third-order valence-corrected chi connectivity index (χ3v) is 2.56. The molecule has 1 heterocycles. The van der Waals surface area contributed by atoms with Gasteiger partial charge in [0.05, 0.1) is 11.9 Å². The lowest BCUT2D eigenvalue weighted by atomic mass is 10.3. The van der Waals surface area contributed by atoms with Crippen LogP contribution in [0, 0.1) is 0 Å². The lowest BCUT2D eigenvalue weighted by Crippen LogP contribution is -2.38. The van der Waals surface area contributed by atoms with Crippen molar-refractivity contribution < 1.29 is 14.7 Å². The number of aromatic nitrogens is 2. The van der Waals surface area contributed by atoms with Crippen LogP contribution in [0.4, 0.5) is 16.2 Å². The Morgan fingerprint density at radius 3 is 2.60 bits per heavy atom. The van der Waals surface area contributed by atoms with Crippen molar-refractivity contribution in [1.82, 2.24) is 9.78 Å². The van der Waals surface area contributed by atoms with Crippen molar-refractivity contribution in [1.29, 1.82) is 0 Å². The summed E-state index contributed by atoms with van der Waals surface area (Å²) >= 11 is 0. The summed E-state index contributed by atoms with van der Waals surface area (Å²) in [6.45, 7) is -0.421. The third kappa shape index (κ3) is 3.35. The number of urea groups is 1. The first-order chi connectivity index (χ1) is 9.56. The molecule has 1 aromatic carbocycles. The summed E-state index contributed by atoms with van der Waals surface area (Å²) in [7, 11) is 1.72. The number of aliphatic carboxylic acids is 1. The average Bonchev–Trinajstić information content (AvgIpc) is 2.82. The van der Waals surface area contributed by atoms with E-state index in [1.165, 1.54) is 6.20 Å². The van der Waals surface area contributed by atoms with Crippen molar-refractivity contribution in [2.24, 2.45) is 7.05 Å². The molecule has 0 aliphatic heterocycles. The van der Waals surface area contributed by atoms with Gasteiger partial charge in [0, 0.05) is 18.9 Å². The molecule has 0 unspecified atom stereocenters. The summed E-state index contributed by atoms with van der Waals surface area (Å²) in [5.41, 5.74) is 1.01. The fourth-order valence-electron chi connectivity index (χ4n) is 1.70. The Labute approximate surface area is 115 Å². The number of hydrogen-bond acceptors (Lipinski definition) is 3. The molecular formula is C13H14N4O3. The zero-order valence-corrected chi connectivity index (χ0v) is 10.9. The SMILES string of the molecule is Cn1cc(NC(=O)N(CC(=O)O)c2ccccc2)cn1. The highest BCUT2D eigenvalue weighted by Crippen LogP contribution is 2.15. The van der Waals surface area contributed by atoms with E-state index in [-0.39, 0.29) is 0 Å². The van der Waals surface area contributed by atoms with Crippen LogP contribution in [-0.4, -0.2) is 33.4 Å². The second kappa shape index (κ2) is 5.87. The molecule has 2 aromatic rings. The van der Waals surface area contributed by atoms with E-state index >= 15 is 0 Å². The van der Waals surface area contributed by atoms with Crippen LogP contribution in [0.5, 0.6) is 0 Å². The predicted molar refractivity (Wildman–Crippen MR) is 73.7 cm³/mol. The molecule has 0 atom stereocenters. The summed E-state index contributed by atoms with van der Waals surface area (Å²) < 4.78 is 1.54. The first-order valence-corrected chi connectivity index (χ1v) is 5.90. The average molecular weight is 274 g/mol. The van der Waals surface area contributed by atoms with E-state index in [2.05, 4.69) is 10.4 Å². The molecule has 0 saturated heterocycles. The summed E-state index contributed by atoms with van der Waals surface area (Å²) in [4.78, 5) is 24.2. The standard InChI is InChI=1S/C13H14N4O3/c1-16-8-10(7-14-16)15-13(20)17(9-12(18)19)11-5-3-2-4-6-11/h2-8H,9H2,1H3,(H,15,20)(H,18,19). The number of amides is 2. The molecule has 104 valence electrons. The summed E-state index contributed by atoms with van der Waals surface area (Å²) in [6.07, 6.45) is 3.11. The first-order valence-electron chi connectivity index (χ1n) is 5.90. The lowest BCUT2D eigenvalue weighted by Gasteiger charge is -2.20. The second-order valence-electron chi connectivity index (χ2n) is 4.15. The molecule has 20 heavy (non-hydrogen) atoms. The van der Waals surface area contributed by atoms with E-state index in [4.69, 9.17) is 5.11 Å². The second-order valence-corrected chi connectivity index (χ2v) is 4.15. The van der Waals surface area contributed by atoms with Crippen LogP contribution in [0.2, 0.25) is 0 Å². The van der Waals surface area contributed by atoms with E-state index in [1.807, 2.05) is 0 Å². The molecular weight excluding hydrogens is 260 g/mol. The largest absolute Gasteiger partial charge is 0.480 e. The molecule has 2 N–H and O–H groups in total. The number of carbonyl (C=O) groups excluding carboxylic acids is 1. The van der Waals surface area contributed by atoms with Crippen LogP contribution in [-0.2, 0) is 11.8 Å². The highest BCUT2D eigenvalue weighted by molar-refractivity contribution is 6.04. The number of nitrogens with zero attached hydrogens (tertiary/aromatic N) is 3. The normalized spacial score (nSPS) is 10.1. The van der Waals surface area contributed by atoms with Crippen LogP contribution in [0.15, 0.2) is 42.7 Å². The molecule has 0 saturated carbocycles. The molecule has 2 rings (SSSR count). The number of anilines is 2. The maximum absolute atomic E-state index is 12.2. The predicted octanol–water partition coefficient (Wildman–Crippen LogP) is 1.54. The van der Waals surface area contributed by atoms with Gasteiger partial charge in [0.1, 0.15) is 6.54 Å². The summed E-state index contributed by atoms with van der Waals surface area (Å²) in [5.74, 6) is -1.09. The lowest BCUT2D eigenvalue weighted by molar-refractivity contribution is -0.135. The number of carboxylic acid groups (broad SMARTS) is 1. The van der Waals surface area contributed by atoms with Crippen LogP contribution >= 0.6 is 0 Å². The summed E-state index contributed by atoms with van der Waals surface area (Å²) in [5, 5.41) is 15.5. The van der Waals surface area contributed by atoms with Gasteiger partial charge in [-0.05, 0) is 12.1 Å². The number of benzene rings is 1. The monoisotopic (exact) mass is 274 g/mol. The molecule has 0 radical (unpaired) electrons. The van der Waals surface area contributed by atoms with Crippen LogP contribution < -0.4 is 10.2 Å². The Morgan fingerprint density at radius 1 is 1.35 bits per heavy atom. The number of nitrogens with one attached hydrogen (secondary N) is 1. The summed E-state index contributed by atoms with van der Waals surface area (Å²) in [6, 6.07) is 8.09. The van der Waals surface area contributed by atoms with Crippen LogP contribution in [0.25, 0.3) is 0 Å². The molecule has 0 aliphatic carbocycles. The topological polar surface area (TPSA) is 87.5 Å². The van der Waals surface area contributed by atoms with Gasteiger partial charge in [0.15, 0.2) is 0 Å². The molecule has 0 spiro atoms. The van der Waals surface area contributed by atoms with Gasteiger partial charge in [-0.3, -0.25) is 14.4 Å². The minimum Gasteiger partial charge on any atom is -0.480 e. The number of carboxylic acids is 1. The van der Waals surface area contributed by atoms with Crippen molar-refractivity contribution in [3.63, 3.8) is 0 Å². The maximum Gasteiger partial charge on any atom is 0.326 e. The maximum atomic E-state index is 12.2. The fourth-order valence-corrected chi connectivity index (χ4v) is 1.70. The van der Waals surface area contributed by atoms with Gasteiger partial charge in [0.25, 0.3) is 0 Å². The van der Waals surface area contributed by atoms with Gasteiger partial charge in [-0.2, -0.15) is 5.10 Å². The van der Waals surface area contributed by atoms with Crippen molar-refractivity contribution in [2.45, 2.75) is 0 Å². The molecule has 0 aliphatic rings. The fraction of sp³-hybridized carbons (Fsp3) is 0.154. The Hall–Kier alpha value is -2.83. The quantitative estimate of drug-likeness (QED) is 0.885. The van der Waals surface area contributed by atoms with Gasteiger partial charge in [-0.15, -0.1) is 0 Å². The van der Waals surface area contributed by atoms with E-state index in [0.29, 0.717) is 11.4 Å². The molecule has 1 aromatic heterocycles. The third-order valence-electron chi connectivity index (χ3n) is 2.56. The Balaban J connectivity index is 2.18.